The van der Waals surface area contributed by atoms with E-state index in [1.54, 1.807) is 29.2 Å². The molecule has 1 saturated heterocycles. The fourth-order valence-corrected chi connectivity index (χ4v) is 2.78. The van der Waals surface area contributed by atoms with Crippen LogP contribution in [0.2, 0.25) is 5.02 Å². The summed E-state index contributed by atoms with van der Waals surface area (Å²) in [6, 6.07) is 6.59. The van der Waals surface area contributed by atoms with Crippen LogP contribution in [0.3, 0.4) is 0 Å². The van der Waals surface area contributed by atoms with E-state index in [-0.39, 0.29) is 17.5 Å². The van der Waals surface area contributed by atoms with Gasteiger partial charge < -0.3 is 14.7 Å². The van der Waals surface area contributed by atoms with Crippen molar-refractivity contribution in [2.45, 2.75) is 39.2 Å². The number of ketones is 1. The van der Waals surface area contributed by atoms with Gasteiger partial charge in [-0.15, -0.1) is 0 Å². The van der Waals surface area contributed by atoms with Crippen LogP contribution in [0.15, 0.2) is 30.3 Å². The Kier molecular flexibility index (Phi) is 6.11. The lowest BCUT2D eigenvalue weighted by Crippen LogP contribution is -2.44. The van der Waals surface area contributed by atoms with Crippen LogP contribution < -0.4 is 0 Å². The van der Waals surface area contributed by atoms with Crippen molar-refractivity contribution >= 4 is 29.2 Å². The van der Waals surface area contributed by atoms with Crippen LogP contribution in [0.5, 0.6) is 0 Å². The fourth-order valence-electron chi connectivity index (χ4n) is 2.66. The molecule has 5 nitrogen and oxygen atoms in total. The second kappa shape index (κ2) is 7.91. The van der Waals surface area contributed by atoms with Crippen LogP contribution in [-0.2, 0) is 9.53 Å². The monoisotopic (exact) mass is 365 g/mol. The van der Waals surface area contributed by atoms with E-state index in [1.165, 1.54) is 6.08 Å². The summed E-state index contributed by atoms with van der Waals surface area (Å²) in [6.07, 6.45) is 2.23. The fraction of sp³-hybridized carbons (Fsp3) is 0.474. The summed E-state index contributed by atoms with van der Waals surface area (Å²) >= 11 is 5.82. The summed E-state index contributed by atoms with van der Waals surface area (Å²) in [5.41, 5.74) is -0.0431. The molecule has 1 aliphatic heterocycles. The first-order valence-electron chi connectivity index (χ1n) is 8.34. The molecule has 2 rings (SSSR count). The van der Waals surface area contributed by atoms with E-state index in [1.807, 2.05) is 20.8 Å². The van der Waals surface area contributed by atoms with E-state index in [0.717, 1.165) is 6.42 Å². The van der Waals surface area contributed by atoms with Gasteiger partial charge in [-0.25, -0.2) is 4.79 Å². The first-order chi connectivity index (χ1) is 11.7. The molecule has 1 fully saturated rings. The summed E-state index contributed by atoms with van der Waals surface area (Å²) in [6.45, 7) is 6.31. The highest BCUT2D eigenvalue weighted by molar-refractivity contribution is 6.30. The zero-order valence-electron chi connectivity index (χ0n) is 14.8. The largest absolute Gasteiger partial charge is 0.507 e. The highest BCUT2D eigenvalue weighted by Gasteiger charge is 2.30. The molecule has 1 aliphatic rings. The summed E-state index contributed by atoms with van der Waals surface area (Å²) in [4.78, 5) is 26.2. The van der Waals surface area contributed by atoms with Gasteiger partial charge in [0, 0.05) is 35.7 Å². The number of hydrogen-bond donors (Lipinski definition) is 1. The molecule has 1 aromatic carbocycles. The summed E-state index contributed by atoms with van der Waals surface area (Å²) in [5.74, 6) is -0.632. The molecular formula is C19H24ClNO4. The highest BCUT2D eigenvalue weighted by Crippen LogP contribution is 2.22. The number of benzene rings is 1. The second-order valence-electron chi connectivity index (χ2n) is 7.20. The molecule has 0 aromatic heterocycles. The number of likely N-dealkylation sites (tertiary alicyclic amines) is 1. The van der Waals surface area contributed by atoms with Crippen molar-refractivity contribution in [3.05, 3.63) is 40.9 Å². The van der Waals surface area contributed by atoms with Crippen molar-refractivity contribution in [3.8, 4) is 0 Å². The van der Waals surface area contributed by atoms with Gasteiger partial charge >= 0.3 is 6.09 Å². The van der Waals surface area contributed by atoms with E-state index in [0.29, 0.717) is 30.1 Å². The Labute approximate surface area is 153 Å². The SMILES string of the molecule is CC(C)(C)OC(=O)N1CCCC(C(=O)/C=C(\O)c2ccc(Cl)cc2)C1. The number of carbonyl (C=O) groups is 2. The molecule has 1 aromatic rings. The molecule has 1 unspecified atom stereocenters. The predicted molar refractivity (Wildman–Crippen MR) is 97.6 cm³/mol. The Hall–Kier alpha value is -2.01. The lowest BCUT2D eigenvalue weighted by atomic mass is 9.93. The smallest absolute Gasteiger partial charge is 0.410 e. The first kappa shape index (κ1) is 19.3. The molecule has 1 atom stereocenters. The molecule has 136 valence electrons. The molecule has 0 spiro atoms. The number of nitrogens with zero attached hydrogens (tertiary/aromatic N) is 1. The molecular weight excluding hydrogens is 342 g/mol. The molecule has 1 heterocycles. The van der Waals surface area contributed by atoms with Crippen LogP contribution in [-0.4, -0.2) is 40.6 Å². The Balaban J connectivity index is 2.02. The lowest BCUT2D eigenvalue weighted by molar-refractivity contribution is -0.119. The number of carbonyl (C=O) groups excluding carboxylic acids is 2. The van der Waals surface area contributed by atoms with Crippen molar-refractivity contribution < 1.29 is 19.4 Å². The number of piperidine rings is 1. The molecule has 0 saturated carbocycles. The summed E-state index contributed by atoms with van der Waals surface area (Å²) in [5, 5.41) is 10.7. The highest BCUT2D eigenvalue weighted by atomic mass is 35.5. The zero-order valence-corrected chi connectivity index (χ0v) is 15.5. The number of halogens is 1. The number of aliphatic hydroxyl groups is 1. The predicted octanol–water partition coefficient (Wildman–Crippen LogP) is 4.46. The van der Waals surface area contributed by atoms with Gasteiger partial charge in [-0.05, 0) is 57.9 Å². The Bertz CT molecular complexity index is 661. The first-order valence-corrected chi connectivity index (χ1v) is 8.72. The Morgan fingerprint density at radius 3 is 2.52 bits per heavy atom. The van der Waals surface area contributed by atoms with Gasteiger partial charge in [-0.2, -0.15) is 0 Å². The van der Waals surface area contributed by atoms with Crippen LogP contribution >= 0.6 is 11.6 Å². The van der Waals surface area contributed by atoms with E-state index in [9.17, 15) is 14.7 Å². The van der Waals surface area contributed by atoms with E-state index in [4.69, 9.17) is 16.3 Å². The van der Waals surface area contributed by atoms with Crippen LogP contribution in [0.25, 0.3) is 5.76 Å². The summed E-state index contributed by atoms with van der Waals surface area (Å²) in [7, 11) is 0. The Morgan fingerprint density at radius 1 is 1.28 bits per heavy atom. The van der Waals surface area contributed by atoms with E-state index >= 15 is 0 Å². The molecule has 25 heavy (non-hydrogen) atoms. The number of ether oxygens (including phenoxy) is 1. The van der Waals surface area contributed by atoms with Crippen LogP contribution in [0.1, 0.15) is 39.2 Å². The van der Waals surface area contributed by atoms with Crippen molar-refractivity contribution in [2.24, 2.45) is 5.92 Å². The van der Waals surface area contributed by atoms with E-state index < -0.39 is 11.7 Å². The van der Waals surface area contributed by atoms with Gasteiger partial charge in [0.2, 0.25) is 0 Å². The minimum atomic E-state index is -0.569. The third kappa shape index (κ3) is 5.78. The van der Waals surface area contributed by atoms with Crippen molar-refractivity contribution in [1.82, 2.24) is 4.90 Å². The number of amides is 1. The maximum absolute atomic E-state index is 12.5. The molecule has 0 bridgehead atoms. The van der Waals surface area contributed by atoms with Crippen molar-refractivity contribution in [3.63, 3.8) is 0 Å². The third-order valence-corrected chi connectivity index (χ3v) is 4.15. The molecule has 1 N–H and O–H groups in total. The average molecular weight is 366 g/mol. The van der Waals surface area contributed by atoms with Gasteiger partial charge in [0.25, 0.3) is 0 Å². The number of aliphatic hydroxyl groups excluding tert-OH is 1. The van der Waals surface area contributed by atoms with Crippen molar-refractivity contribution in [2.75, 3.05) is 13.1 Å². The van der Waals surface area contributed by atoms with Gasteiger partial charge in [0.1, 0.15) is 11.4 Å². The van der Waals surface area contributed by atoms with Gasteiger partial charge in [0.05, 0.1) is 0 Å². The van der Waals surface area contributed by atoms with Crippen LogP contribution in [0, 0.1) is 5.92 Å². The third-order valence-electron chi connectivity index (χ3n) is 3.89. The van der Waals surface area contributed by atoms with Gasteiger partial charge in [-0.3, -0.25) is 4.79 Å². The minimum absolute atomic E-state index is 0.101. The standard InChI is InChI=1S/C19H24ClNO4/c1-19(2,3)25-18(24)21-10-4-5-14(12-21)17(23)11-16(22)13-6-8-15(20)9-7-13/h6-9,11,14,22H,4-5,10,12H2,1-3H3/b16-11-. The zero-order chi connectivity index (χ0) is 18.6. The van der Waals surface area contributed by atoms with E-state index in [2.05, 4.69) is 0 Å². The number of hydrogen-bond acceptors (Lipinski definition) is 4. The van der Waals surface area contributed by atoms with Gasteiger partial charge in [0.15, 0.2) is 5.78 Å². The average Bonchev–Trinajstić information content (AvgIpc) is 2.54. The maximum Gasteiger partial charge on any atom is 0.410 e. The lowest BCUT2D eigenvalue weighted by Gasteiger charge is -2.33. The molecule has 1 amide bonds. The quantitative estimate of drug-likeness (QED) is 0.634. The maximum atomic E-state index is 12.5. The molecule has 0 aliphatic carbocycles. The minimum Gasteiger partial charge on any atom is -0.507 e. The summed E-state index contributed by atoms with van der Waals surface area (Å²) < 4.78 is 5.37. The molecule has 0 radical (unpaired) electrons. The van der Waals surface area contributed by atoms with Gasteiger partial charge in [-0.1, -0.05) is 11.6 Å². The normalized spacial score (nSPS) is 18.8. The molecule has 6 heteroatoms. The van der Waals surface area contributed by atoms with Crippen molar-refractivity contribution in [1.29, 1.82) is 0 Å². The Morgan fingerprint density at radius 2 is 1.92 bits per heavy atom. The topological polar surface area (TPSA) is 66.8 Å². The number of rotatable bonds is 3. The number of allylic oxidation sites excluding steroid dienone is 1. The van der Waals surface area contributed by atoms with Crippen LogP contribution in [0.4, 0.5) is 4.79 Å². The second-order valence-corrected chi connectivity index (χ2v) is 7.64.